The summed E-state index contributed by atoms with van der Waals surface area (Å²) in [6.07, 6.45) is 2.34. The molecule has 3 heteroatoms. The Morgan fingerprint density at radius 3 is 2.50 bits per heavy atom. The second-order valence-electron chi connectivity index (χ2n) is 6.74. The summed E-state index contributed by atoms with van der Waals surface area (Å²) in [6.45, 7) is 10.1. The molecule has 20 heavy (non-hydrogen) atoms. The molecule has 0 amide bonds. The molecule has 0 aliphatic carbocycles. The van der Waals surface area contributed by atoms with Crippen LogP contribution in [0.15, 0.2) is 28.7 Å². The van der Waals surface area contributed by atoms with Gasteiger partial charge in [-0.05, 0) is 55.8 Å². The summed E-state index contributed by atoms with van der Waals surface area (Å²) < 4.78 is 1.14. The quantitative estimate of drug-likeness (QED) is 0.887. The maximum Gasteiger partial charge on any atom is 0.0343 e. The summed E-state index contributed by atoms with van der Waals surface area (Å²) in [5, 5.41) is 0. The van der Waals surface area contributed by atoms with Gasteiger partial charge in [-0.3, -0.25) is 4.90 Å². The van der Waals surface area contributed by atoms with Crippen LogP contribution in [-0.4, -0.2) is 30.1 Å². The van der Waals surface area contributed by atoms with E-state index in [1.54, 1.807) is 0 Å². The fourth-order valence-corrected chi connectivity index (χ4v) is 3.44. The van der Waals surface area contributed by atoms with Crippen molar-refractivity contribution >= 4 is 15.9 Å². The van der Waals surface area contributed by atoms with Crippen LogP contribution in [0.25, 0.3) is 0 Å². The maximum atomic E-state index is 6.14. The second kappa shape index (κ2) is 6.59. The number of hydrogen-bond donors (Lipinski definition) is 1. The molecular weight excluding hydrogens is 312 g/mol. The third-order valence-electron chi connectivity index (χ3n) is 4.87. The molecule has 0 spiro atoms. The van der Waals surface area contributed by atoms with Gasteiger partial charge < -0.3 is 5.73 Å². The highest BCUT2D eigenvalue weighted by molar-refractivity contribution is 9.10. The smallest absolute Gasteiger partial charge is 0.0343 e. The van der Waals surface area contributed by atoms with Crippen molar-refractivity contribution in [3.63, 3.8) is 0 Å². The Morgan fingerprint density at radius 1 is 1.35 bits per heavy atom. The van der Waals surface area contributed by atoms with Crippen LogP contribution < -0.4 is 5.73 Å². The number of benzene rings is 1. The van der Waals surface area contributed by atoms with Gasteiger partial charge in [-0.25, -0.2) is 0 Å². The zero-order chi connectivity index (χ0) is 14.8. The van der Waals surface area contributed by atoms with E-state index in [9.17, 15) is 0 Å². The fourth-order valence-electron chi connectivity index (χ4n) is 3.18. The zero-order valence-corrected chi connectivity index (χ0v) is 14.5. The van der Waals surface area contributed by atoms with Gasteiger partial charge in [-0.2, -0.15) is 0 Å². The number of rotatable bonds is 5. The summed E-state index contributed by atoms with van der Waals surface area (Å²) in [7, 11) is 0. The van der Waals surface area contributed by atoms with Crippen molar-refractivity contribution in [3.8, 4) is 0 Å². The molecule has 1 aliphatic rings. The minimum atomic E-state index is 0.0808. The standard InChI is InChI=1S/C17H27BrN2/c1-13(2)15-8-9-20(11-15)17(3,12-19)10-14-4-6-16(18)7-5-14/h4-7,13,15H,8-12,19H2,1-3H3. The molecule has 2 N–H and O–H groups in total. The molecule has 1 aromatic carbocycles. The van der Waals surface area contributed by atoms with Gasteiger partial charge in [-0.1, -0.05) is 41.9 Å². The molecular formula is C17H27BrN2. The number of hydrogen-bond acceptors (Lipinski definition) is 2. The predicted molar refractivity (Wildman–Crippen MR) is 89.8 cm³/mol. The average molecular weight is 339 g/mol. The van der Waals surface area contributed by atoms with E-state index in [1.807, 2.05) is 0 Å². The summed E-state index contributed by atoms with van der Waals surface area (Å²) >= 11 is 3.50. The van der Waals surface area contributed by atoms with Gasteiger partial charge >= 0.3 is 0 Å². The zero-order valence-electron chi connectivity index (χ0n) is 12.9. The van der Waals surface area contributed by atoms with Crippen LogP contribution in [0.4, 0.5) is 0 Å². The van der Waals surface area contributed by atoms with Crippen molar-refractivity contribution in [2.24, 2.45) is 17.6 Å². The average Bonchev–Trinajstić information content (AvgIpc) is 2.92. The number of nitrogens with zero attached hydrogens (tertiary/aromatic N) is 1. The summed E-state index contributed by atoms with van der Waals surface area (Å²) in [4.78, 5) is 2.61. The largest absolute Gasteiger partial charge is 0.329 e. The van der Waals surface area contributed by atoms with Crippen LogP contribution in [0.3, 0.4) is 0 Å². The van der Waals surface area contributed by atoms with Gasteiger partial charge in [0.2, 0.25) is 0 Å². The van der Waals surface area contributed by atoms with Crippen molar-refractivity contribution in [2.75, 3.05) is 19.6 Å². The molecule has 2 unspecified atom stereocenters. The Labute approximate surface area is 131 Å². The van der Waals surface area contributed by atoms with E-state index in [0.29, 0.717) is 6.54 Å². The molecule has 0 bridgehead atoms. The normalized spacial score (nSPS) is 23.2. The molecule has 1 aliphatic heterocycles. The highest BCUT2D eigenvalue weighted by Crippen LogP contribution is 2.31. The van der Waals surface area contributed by atoms with Crippen LogP contribution in [0.5, 0.6) is 0 Å². The van der Waals surface area contributed by atoms with E-state index < -0.39 is 0 Å². The minimum absolute atomic E-state index is 0.0808. The highest BCUT2D eigenvalue weighted by Gasteiger charge is 2.36. The van der Waals surface area contributed by atoms with E-state index in [-0.39, 0.29) is 5.54 Å². The Bertz CT molecular complexity index is 429. The predicted octanol–water partition coefficient (Wildman–Crippen LogP) is 3.69. The topological polar surface area (TPSA) is 29.3 Å². The molecule has 1 aromatic rings. The van der Waals surface area contributed by atoms with E-state index in [4.69, 9.17) is 5.73 Å². The van der Waals surface area contributed by atoms with E-state index in [1.165, 1.54) is 25.1 Å². The van der Waals surface area contributed by atoms with E-state index in [2.05, 4.69) is 65.9 Å². The number of halogens is 1. The first-order chi connectivity index (χ1) is 9.44. The Morgan fingerprint density at radius 2 is 2.00 bits per heavy atom. The molecule has 1 fully saturated rings. The molecule has 0 radical (unpaired) electrons. The molecule has 2 nitrogen and oxygen atoms in total. The van der Waals surface area contributed by atoms with Crippen LogP contribution in [0, 0.1) is 11.8 Å². The Hall–Kier alpha value is -0.380. The third kappa shape index (κ3) is 3.63. The summed E-state index contributed by atoms with van der Waals surface area (Å²) in [6, 6.07) is 8.64. The molecule has 2 rings (SSSR count). The molecule has 1 heterocycles. The molecule has 0 saturated carbocycles. The highest BCUT2D eigenvalue weighted by atomic mass is 79.9. The Kier molecular flexibility index (Phi) is 5.27. The minimum Gasteiger partial charge on any atom is -0.329 e. The van der Waals surface area contributed by atoms with Gasteiger partial charge in [0.05, 0.1) is 0 Å². The van der Waals surface area contributed by atoms with Gasteiger partial charge in [0, 0.05) is 23.1 Å². The Balaban J connectivity index is 2.07. The first-order valence-electron chi connectivity index (χ1n) is 7.64. The lowest BCUT2D eigenvalue weighted by molar-refractivity contribution is 0.133. The monoisotopic (exact) mass is 338 g/mol. The lowest BCUT2D eigenvalue weighted by atomic mass is 9.90. The van der Waals surface area contributed by atoms with Gasteiger partial charge in [0.25, 0.3) is 0 Å². The van der Waals surface area contributed by atoms with Crippen molar-refractivity contribution < 1.29 is 0 Å². The molecule has 112 valence electrons. The van der Waals surface area contributed by atoms with Crippen molar-refractivity contribution in [2.45, 2.75) is 39.2 Å². The van der Waals surface area contributed by atoms with Crippen LogP contribution in [0.1, 0.15) is 32.8 Å². The van der Waals surface area contributed by atoms with Gasteiger partial charge in [-0.15, -0.1) is 0 Å². The summed E-state index contributed by atoms with van der Waals surface area (Å²) in [5.41, 5.74) is 7.59. The second-order valence-corrected chi connectivity index (χ2v) is 7.66. The van der Waals surface area contributed by atoms with E-state index in [0.717, 1.165) is 22.7 Å². The number of likely N-dealkylation sites (tertiary alicyclic amines) is 1. The molecule has 2 atom stereocenters. The van der Waals surface area contributed by atoms with Gasteiger partial charge in [0.15, 0.2) is 0 Å². The lowest BCUT2D eigenvalue weighted by Gasteiger charge is -2.38. The van der Waals surface area contributed by atoms with E-state index >= 15 is 0 Å². The van der Waals surface area contributed by atoms with Gasteiger partial charge in [0.1, 0.15) is 0 Å². The first-order valence-corrected chi connectivity index (χ1v) is 8.43. The van der Waals surface area contributed by atoms with Crippen LogP contribution >= 0.6 is 15.9 Å². The van der Waals surface area contributed by atoms with Crippen molar-refractivity contribution in [1.82, 2.24) is 4.90 Å². The maximum absolute atomic E-state index is 6.14. The molecule has 1 saturated heterocycles. The van der Waals surface area contributed by atoms with Crippen LogP contribution in [0.2, 0.25) is 0 Å². The fraction of sp³-hybridized carbons (Fsp3) is 0.647. The SMILES string of the molecule is CC(C)C1CCN(C(C)(CN)Cc2ccc(Br)cc2)C1. The first kappa shape index (κ1) is 16.0. The van der Waals surface area contributed by atoms with Crippen LogP contribution in [-0.2, 0) is 6.42 Å². The number of nitrogens with two attached hydrogens (primary N) is 1. The molecule has 0 aromatic heterocycles. The van der Waals surface area contributed by atoms with Crippen molar-refractivity contribution in [3.05, 3.63) is 34.3 Å². The lowest BCUT2D eigenvalue weighted by Crippen LogP contribution is -2.52. The van der Waals surface area contributed by atoms with Crippen molar-refractivity contribution in [1.29, 1.82) is 0 Å². The third-order valence-corrected chi connectivity index (χ3v) is 5.40. The summed E-state index contributed by atoms with van der Waals surface area (Å²) in [5.74, 6) is 1.60.